The van der Waals surface area contributed by atoms with E-state index in [4.69, 9.17) is 42.7 Å². The summed E-state index contributed by atoms with van der Waals surface area (Å²) in [7, 11) is -10.9. The van der Waals surface area contributed by atoms with Crippen molar-refractivity contribution in [1.29, 1.82) is 0 Å². The van der Waals surface area contributed by atoms with Gasteiger partial charge in [0.2, 0.25) is 5.69 Å². The molecule has 0 aromatic heterocycles. The first-order valence-electron chi connectivity index (χ1n) is 31.0. The fraction of sp³-hybridized carbons (Fsp3) is 0.463. The van der Waals surface area contributed by atoms with Gasteiger partial charge in [0.15, 0.2) is 5.71 Å². The predicted molar refractivity (Wildman–Crippen MR) is 350 cm³/mol. The van der Waals surface area contributed by atoms with Gasteiger partial charge in [-0.1, -0.05) is 43.3 Å². The molecule has 3 aliphatic rings. The van der Waals surface area contributed by atoms with Gasteiger partial charge in [-0.05, 0) is 138 Å². The van der Waals surface area contributed by atoms with Crippen LogP contribution in [0.5, 0.6) is 0 Å². The molecule has 0 saturated carbocycles. The molecule has 24 nitrogen and oxygen atoms in total. The van der Waals surface area contributed by atoms with E-state index in [2.05, 4.69) is 11.8 Å². The maximum Gasteiger partial charge on any atom is 0.363 e. The lowest BCUT2D eigenvalue weighted by atomic mass is 9.74. The summed E-state index contributed by atoms with van der Waals surface area (Å²) in [6.45, 7) is 12.8. The zero-order chi connectivity index (χ0) is 67.8. The zero-order valence-corrected chi connectivity index (χ0v) is 56.2. The van der Waals surface area contributed by atoms with E-state index in [0.29, 0.717) is 122 Å². The SMILES string of the molecule is CCCN1/C(=C/C=C(/C=C/C2=[N+](CCCS(=O)(=O)O)c3ccc4c(S(=O)(=O)[O-])cccc4c3C2(C)CCOCCOCCOCCOC)c2ccc(C(=O)ON3C(=O)CCC3=O)cc2C)C(C)(CCOCCOCCOCCOC)c2c1ccc1ccc(S(=O)(=O)O)cc21. The van der Waals surface area contributed by atoms with Crippen LogP contribution < -0.4 is 4.90 Å². The molecular weight excluding hydrogens is 1280 g/mol. The van der Waals surface area contributed by atoms with Crippen molar-refractivity contribution in [2.75, 3.05) is 130 Å². The van der Waals surface area contributed by atoms with Crippen molar-refractivity contribution in [3.63, 3.8) is 0 Å². The van der Waals surface area contributed by atoms with Gasteiger partial charge in [-0.25, -0.2) is 13.2 Å². The number of imide groups is 1. The molecule has 1 fully saturated rings. The van der Waals surface area contributed by atoms with E-state index in [-0.39, 0.29) is 87.7 Å². The third kappa shape index (κ3) is 17.9. The Morgan fingerprint density at radius 3 is 1.83 bits per heavy atom. The fourth-order valence-corrected chi connectivity index (χ4v) is 14.0. The number of methoxy groups -OCH3 is 2. The van der Waals surface area contributed by atoms with Crippen LogP contribution in [0.15, 0.2) is 119 Å². The summed E-state index contributed by atoms with van der Waals surface area (Å²) in [5.41, 5.74) is 3.86. The highest BCUT2D eigenvalue weighted by atomic mass is 32.2. The molecule has 94 heavy (non-hydrogen) atoms. The number of hydroxylamine groups is 2. The molecular formula is C67H83N3O21S3. The molecule has 2 N–H and O–H groups in total. The largest absolute Gasteiger partial charge is 0.744 e. The molecule has 0 bridgehead atoms. The van der Waals surface area contributed by atoms with Crippen molar-refractivity contribution in [3.05, 3.63) is 137 Å². The molecule has 2 amide bonds. The number of ether oxygens (including phenoxy) is 8. The van der Waals surface area contributed by atoms with Gasteiger partial charge in [0.1, 0.15) is 16.7 Å². The Kier molecular flexibility index (Phi) is 25.6. The van der Waals surface area contributed by atoms with Crippen LogP contribution in [0, 0.1) is 6.92 Å². The van der Waals surface area contributed by atoms with E-state index >= 15 is 0 Å². The predicted octanol–water partition coefficient (Wildman–Crippen LogP) is 8.19. The molecule has 1 saturated heterocycles. The van der Waals surface area contributed by atoms with Gasteiger partial charge in [-0.15, -0.1) is 5.06 Å². The molecule has 8 rings (SSSR count). The second kappa shape index (κ2) is 32.8. The third-order valence-electron chi connectivity index (χ3n) is 16.8. The molecule has 3 aliphatic heterocycles. The number of hydrogen-bond donors (Lipinski definition) is 2. The Morgan fingerprint density at radius 2 is 1.27 bits per heavy atom. The minimum Gasteiger partial charge on any atom is -0.744 e. The lowest BCUT2D eigenvalue weighted by Crippen LogP contribution is -2.33. The van der Waals surface area contributed by atoms with Crippen LogP contribution in [0.2, 0.25) is 0 Å². The molecule has 510 valence electrons. The third-order valence-corrected chi connectivity index (χ3v) is 19.4. The first-order valence-corrected chi connectivity index (χ1v) is 35.5. The Morgan fingerprint density at radius 1 is 0.681 bits per heavy atom. The molecule has 0 spiro atoms. The maximum absolute atomic E-state index is 13.7. The van der Waals surface area contributed by atoms with E-state index in [1.165, 1.54) is 30.3 Å². The van der Waals surface area contributed by atoms with E-state index < -0.39 is 69.6 Å². The van der Waals surface area contributed by atoms with Gasteiger partial charge in [-0.3, -0.25) is 18.7 Å². The van der Waals surface area contributed by atoms with Crippen molar-refractivity contribution >= 4 is 92.3 Å². The Balaban J connectivity index is 1.29. The number of aryl methyl sites for hydroxylation is 1. The topological polar surface area (TPSA) is 310 Å². The minimum absolute atomic E-state index is 0.0303. The van der Waals surface area contributed by atoms with Crippen LogP contribution in [0.25, 0.3) is 27.1 Å². The number of rotatable bonds is 38. The first-order chi connectivity index (χ1) is 44.9. The Bertz CT molecular complexity index is 4040. The number of carbonyl (C=O) groups is 3. The van der Waals surface area contributed by atoms with Crippen LogP contribution in [0.4, 0.5) is 11.4 Å². The number of hydrogen-bond acceptors (Lipinski definition) is 20. The molecule has 0 aliphatic carbocycles. The van der Waals surface area contributed by atoms with Gasteiger partial charge in [0.05, 0.1) is 106 Å². The summed E-state index contributed by atoms with van der Waals surface area (Å²) < 4.78 is 157. The van der Waals surface area contributed by atoms with E-state index in [1.54, 1.807) is 57.5 Å². The second-order valence-corrected chi connectivity index (χ2v) is 27.6. The molecule has 5 aromatic carbocycles. The molecule has 3 heterocycles. The van der Waals surface area contributed by atoms with Gasteiger partial charge < -0.3 is 52.2 Å². The highest BCUT2D eigenvalue weighted by Gasteiger charge is 2.49. The quantitative estimate of drug-likeness (QED) is 0.0124. The van der Waals surface area contributed by atoms with Crippen molar-refractivity contribution in [3.8, 4) is 0 Å². The van der Waals surface area contributed by atoms with Gasteiger partial charge in [0, 0.05) is 87.7 Å². The number of fused-ring (bicyclic) bond motifs is 6. The van der Waals surface area contributed by atoms with Crippen molar-refractivity contribution in [1.82, 2.24) is 5.06 Å². The number of allylic oxidation sites excluding steroid dienone is 6. The van der Waals surface area contributed by atoms with Crippen molar-refractivity contribution in [2.45, 2.75) is 86.8 Å². The van der Waals surface area contributed by atoms with Crippen LogP contribution in [0.1, 0.15) is 91.9 Å². The standard InChI is InChI=1S/C67H83N3O21S3/c1-7-28-68-56-20-14-49-12-17-51(93(77,78)79)46-55(49)64(56)67(4,27-31-86-37-39-90-43-41-88-35-33-84-6)59(68)22-15-48(52-18-13-50(45-47(52)2)65(73)91-70-61(71)24-25-62(70)72)16-23-60-66(3,26-30-85-36-38-89-42-40-87-34-32-83-5)63-54-10-8-11-58(94(80,81)82)53(54)19-21-57(63)69(60)29-9-44-92(74,75)76/h8,10-23,45-46H,7,9,24-44H2,1-6H3,(H2-,74,75,76,77,78,79,80,81,82). The lowest BCUT2D eigenvalue weighted by Gasteiger charge is -2.31. The summed E-state index contributed by atoms with van der Waals surface area (Å²) in [4.78, 5) is 45.6. The summed E-state index contributed by atoms with van der Waals surface area (Å²) in [6, 6.07) is 20.8. The Hall–Kier alpha value is -6.67. The molecule has 2 unspecified atom stereocenters. The van der Waals surface area contributed by atoms with Gasteiger partial charge in [-0.2, -0.15) is 21.4 Å². The van der Waals surface area contributed by atoms with Crippen LogP contribution in [-0.2, 0) is 93.5 Å². The fourth-order valence-electron chi connectivity index (χ4n) is 12.3. The molecule has 2 atom stereocenters. The summed E-state index contributed by atoms with van der Waals surface area (Å²) in [6.07, 6.45) is 8.62. The highest BCUT2D eigenvalue weighted by molar-refractivity contribution is 7.86. The van der Waals surface area contributed by atoms with Crippen LogP contribution >= 0.6 is 0 Å². The molecule has 27 heteroatoms. The maximum atomic E-state index is 13.7. The van der Waals surface area contributed by atoms with Gasteiger partial charge in [0.25, 0.3) is 32.1 Å². The summed E-state index contributed by atoms with van der Waals surface area (Å²) in [5, 5.41) is 2.40. The average Bonchev–Trinajstić information content (AvgIpc) is 1.56. The highest BCUT2D eigenvalue weighted by Crippen LogP contribution is 2.54. The van der Waals surface area contributed by atoms with E-state index in [9.17, 15) is 53.3 Å². The van der Waals surface area contributed by atoms with Crippen molar-refractivity contribution in [2.24, 2.45) is 0 Å². The number of amides is 2. The molecule has 0 radical (unpaired) electrons. The van der Waals surface area contributed by atoms with E-state index in [0.717, 1.165) is 22.3 Å². The number of anilines is 1. The monoisotopic (exact) mass is 1360 g/mol. The minimum atomic E-state index is -5.00. The van der Waals surface area contributed by atoms with E-state index in [1.807, 2.05) is 54.9 Å². The lowest BCUT2D eigenvalue weighted by molar-refractivity contribution is -0.437. The number of nitrogens with zero attached hydrogens (tertiary/aromatic N) is 3. The molecule has 5 aromatic rings. The number of carbonyl (C=O) groups excluding carboxylic acids is 3. The van der Waals surface area contributed by atoms with Crippen LogP contribution in [0.3, 0.4) is 0 Å². The summed E-state index contributed by atoms with van der Waals surface area (Å²) >= 11 is 0. The second-order valence-electron chi connectivity index (χ2n) is 23.2. The number of benzene rings is 5. The Labute approximate surface area is 549 Å². The average molecular weight is 1360 g/mol. The van der Waals surface area contributed by atoms with Crippen LogP contribution in [-0.4, -0.2) is 198 Å². The summed E-state index contributed by atoms with van der Waals surface area (Å²) in [5.74, 6) is -2.85. The first kappa shape index (κ1) is 73.1. The zero-order valence-electron chi connectivity index (χ0n) is 53.8. The normalized spacial score (nSPS) is 18.3. The van der Waals surface area contributed by atoms with Crippen molar-refractivity contribution < 1.29 is 101 Å². The smallest absolute Gasteiger partial charge is 0.363 e. The van der Waals surface area contributed by atoms with Gasteiger partial charge >= 0.3 is 5.97 Å².